The van der Waals surface area contributed by atoms with E-state index in [-0.39, 0.29) is 5.56 Å². The minimum atomic E-state index is -0.564. The monoisotopic (exact) mass is 313 g/mol. The first-order chi connectivity index (χ1) is 9.52. The van der Waals surface area contributed by atoms with Crippen molar-refractivity contribution in [1.29, 1.82) is 0 Å². The van der Waals surface area contributed by atoms with Crippen LogP contribution in [0.2, 0.25) is 10.0 Å². The normalized spacial score (nSPS) is 10.6. The Bertz CT molecular complexity index is 641. The van der Waals surface area contributed by atoms with E-state index in [1.165, 1.54) is 17.1 Å². The molecule has 8 heteroatoms. The number of nitrogens with two attached hydrogens (primary N) is 1. The SMILES string of the molecule is CCCNc1nc(-n2cc(C(N)=O)cn2)c(Cl)cc1Cl. The first-order valence-electron chi connectivity index (χ1n) is 5.97. The molecule has 20 heavy (non-hydrogen) atoms. The lowest BCUT2D eigenvalue weighted by atomic mass is 10.3. The number of nitrogens with zero attached hydrogens (tertiary/aromatic N) is 3. The van der Waals surface area contributed by atoms with Gasteiger partial charge in [0.15, 0.2) is 5.82 Å². The smallest absolute Gasteiger partial charge is 0.251 e. The molecule has 0 radical (unpaired) electrons. The quantitative estimate of drug-likeness (QED) is 0.888. The number of amides is 1. The number of carbonyl (C=O) groups excluding carboxylic acids is 1. The summed E-state index contributed by atoms with van der Waals surface area (Å²) < 4.78 is 1.38. The van der Waals surface area contributed by atoms with E-state index in [0.29, 0.717) is 21.7 Å². The summed E-state index contributed by atoms with van der Waals surface area (Å²) in [7, 11) is 0. The Balaban J connectivity index is 2.41. The van der Waals surface area contributed by atoms with Gasteiger partial charge < -0.3 is 11.1 Å². The van der Waals surface area contributed by atoms with Gasteiger partial charge in [0.1, 0.15) is 5.82 Å². The van der Waals surface area contributed by atoms with Gasteiger partial charge in [-0.25, -0.2) is 9.67 Å². The van der Waals surface area contributed by atoms with Crippen LogP contribution in [0, 0.1) is 0 Å². The molecule has 6 nitrogen and oxygen atoms in total. The Morgan fingerprint density at radius 1 is 1.45 bits per heavy atom. The Morgan fingerprint density at radius 3 is 2.80 bits per heavy atom. The number of hydrogen-bond acceptors (Lipinski definition) is 4. The third-order valence-electron chi connectivity index (χ3n) is 2.54. The third kappa shape index (κ3) is 3.02. The fourth-order valence-corrected chi connectivity index (χ4v) is 2.06. The van der Waals surface area contributed by atoms with E-state index < -0.39 is 5.91 Å². The van der Waals surface area contributed by atoms with Gasteiger partial charge in [0.2, 0.25) is 0 Å². The minimum Gasteiger partial charge on any atom is -0.369 e. The summed E-state index contributed by atoms with van der Waals surface area (Å²) in [5.74, 6) is 0.330. The average Bonchev–Trinajstić information content (AvgIpc) is 2.87. The maximum atomic E-state index is 11.1. The highest BCUT2D eigenvalue weighted by atomic mass is 35.5. The highest BCUT2D eigenvalue weighted by molar-refractivity contribution is 6.36. The van der Waals surface area contributed by atoms with Crippen molar-refractivity contribution in [3.05, 3.63) is 34.1 Å². The summed E-state index contributed by atoms with van der Waals surface area (Å²) in [5.41, 5.74) is 5.46. The molecule has 0 aromatic carbocycles. The lowest BCUT2D eigenvalue weighted by Crippen LogP contribution is -2.10. The zero-order chi connectivity index (χ0) is 14.7. The first-order valence-corrected chi connectivity index (χ1v) is 6.73. The number of aromatic nitrogens is 3. The lowest BCUT2D eigenvalue weighted by Gasteiger charge is -2.10. The third-order valence-corrected chi connectivity index (χ3v) is 3.10. The molecule has 0 spiro atoms. The van der Waals surface area contributed by atoms with E-state index in [1.807, 2.05) is 6.92 Å². The molecule has 0 fully saturated rings. The van der Waals surface area contributed by atoms with Crippen molar-refractivity contribution in [3.8, 4) is 5.82 Å². The van der Waals surface area contributed by atoms with Crippen LogP contribution in [0.1, 0.15) is 23.7 Å². The van der Waals surface area contributed by atoms with Gasteiger partial charge in [-0.2, -0.15) is 5.10 Å². The van der Waals surface area contributed by atoms with Gasteiger partial charge in [-0.15, -0.1) is 0 Å². The van der Waals surface area contributed by atoms with Gasteiger partial charge >= 0.3 is 0 Å². The van der Waals surface area contributed by atoms with Crippen LogP contribution >= 0.6 is 23.2 Å². The fourth-order valence-electron chi connectivity index (χ4n) is 1.55. The zero-order valence-corrected chi connectivity index (χ0v) is 12.2. The summed E-state index contributed by atoms with van der Waals surface area (Å²) in [6.07, 6.45) is 3.76. The van der Waals surface area contributed by atoms with E-state index in [2.05, 4.69) is 15.4 Å². The van der Waals surface area contributed by atoms with Gasteiger partial charge in [-0.1, -0.05) is 30.1 Å². The predicted molar refractivity (Wildman–Crippen MR) is 78.7 cm³/mol. The molecule has 3 N–H and O–H groups in total. The molecule has 0 unspecified atom stereocenters. The van der Waals surface area contributed by atoms with E-state index in [4.69, 9.17) is 28.9 Å². The predicted octanol–water partition coefficient (Wildman–Crippen LogP) is 2.49. The number of carbonyl (C=O) groups is 1. The van der Waals surface area contributed by atoms with Crippen LogP contribution in [0.5, 0.6) is 0 Å². The van der Waals surface area contributed by atoms with Crippen LogP contribution in [0.3, 0.4) is 0 Å². The highest BCUT2D eigenvalue weighted by Gasteiger charge is 2.13. The van der Waals surface area contributed by atoms with Crippen molar-refractivity contribution in [2.45, 2.75) is 13.3 Å². The van der Waals surface area contributed by atoms with E-state index in [0.717, 1.165) is 13.0 Å². The van der Waals surface area contributed by atoms with Crippen LogP contribution in [-0.4, -0.2) is 27.2 Å². The molecule has 0 aliphatic carbocycles. The van der Waals surface area contributed by atoms with Gasteiger partial charge in [0, 0.05) is 12.7 Å². The summed E-state index contributed by atoms with van der Waals surface area (Å²) in [6.45, 7) is 2.77. The minimum absolute atomic E-state index is 0.279. The number of primary amides is 1. The Morgan fingerprint density at radius 2 is 2.20 bits per heavy atom. The van der Waals surface area contributed by atoms with Gasteiger partial charge in [-0.05, 0) is 12.5 Å². The molecule has 0 saturated heterocycles. The molecule has 2 rings (SSSR count). The lowest BCUT2D eigenvalue weighted by molar-refractivity contribution is 0.100. The van der Waals surface area contributed by atoms with Crippen LogP contribution in [0.4, 0.5) is 5.82 Å². The Labute approximate surface area is 125 Å². The molecule has 2 aromatic rings. The topological polar surface area (TPSA) is 85.8 Å². The van der Waals surface area contributed by atoms with Crippen molar-refractivity contribution >= 4 is 34.9 Å². The van der Waals surface area contributed by atoms with Crippen molar-refractivity contribution < 1.29 is 4.79 Å². The number of rotatable bonds is 5. The molecule has 0 atom stereocenters. The number of anilines is 1. The summed E-state index contributed by atoms with van der Waals surface area (Å²) in [6, 6.07) is 1.58. The van der Waals surface area contributed by atoms with Gasteiger partial charge in [-0.3, -0.25) is 4.79 Å². The Kier molecular flexibility index (Phi) is 4.46. The van der Waals surface area contributed by atoms with Crippen LogP contribution in [0.15, 0.2) is 18.5 Å². The maximum absolute atomic E-state index is 11.1. The van der Waals surface area contributed by atoms with E-state index in [9.17, 15) is 4.79 Å². The van der Waals surface area contributed by atoms with Crippen molar-refractivity contribution in [3.63, 3.8) is 0 Å². The second kappa shape index (κ2) is 6.11. The van der Waals surface area contributed by atoms with Crippen LogP contribution in [-0.2, 0) is 0 Å². The second-order valence-corrected chi connectivity index (χ2v) is 4.90. The maximum Gasteiger partial charge on any atom is 0.251 e. The van der Waals surface area contributed by atoms with E-state index in [1.54, 1.807) is 6.07 Å². The van der Waals surface area contributed by atoms with E-state index >= 15 is 0 Å². The largest absolute Gasteiger partial charge is 0.369 e. The molecule has 0 aliphatic rings. The first kappa shape index (κ1) is 14.6. The van der Waals surface area contributed by atoms with Crippen molar-refractivity contribution in [2.24, 2.45) is 5.73 Å². The standard InChI is InChI=1S/C12H13Cl2N5O/c1-2-3-16-11-8(13)4-9(14)12(18-11)19-6-7(5-17-19)10(15)20/h4-6H,2-3H2,1H3,(H2,15,20)(H,16,18). The molecule has 2 heterocycles. The number of halogens is 2. The average molecular weight is 314 g/mol. The summed E-state index contributed by atoms with van der Waals surface area (Å²) in [4.78, 5) is 15.4. The molecular formula is C12H13Cl2N5O. The zero-order valence-electron chi connectivity index (χ0n) is 10.7. The number of nitrogens with one attached hydrogen (secondary N) is 1. The molecular weight excluding hydrogens is 301 g/mol. The van der Waals surface area contributed by atoms with Gasteiger partial charge in [0.25, 0.3) is 5.91 Å². The molecule has 0 aliphatic heterocycles. The molecule has 1 amide bonds. The van der Waals surface area contributed by atoms with Crippen LogP contribution < -0.4 is 11.1 Å². The summed E-state index contributed by atoms with van der Waals surface area (Å²) in [5, 5.41) is 7.87. The van der Waals surface area contributed by atoms with Crippen LogP contribution in [0.25, 0.3) is 5.82 Å². The molecule has 0 bridgehead atoms. The van der Waals surface area contributed by atoms with Crippen molar-refractivity contribution in [1.82, 2.24) is 14.8 Å². The Hall–Kier alpha value is -1.79. The highest BCUT2D eigenvalue weighted by Crippen LogP contribution is 2.28. The molecule has 0 saturated carbocycles. The molecule has 2 aromatic heterocycles. The van der Waals surface area contributed by atoms with Gasteiger partial charge in [0.05, 0.1) is 21.8 Å². The number of pyridine rings is 1. The fraction of sp³-hybridized carbons (Fsp3) is 0.250. The summed E-state index contributed by atoms with van der Waals surface area (Å²) >= 11 is 12.2. The second-order valence-electron chi connectivity index (χ2n) is 4.09. The van der Waals surface area contributed by atoms with Crippen molar-refractivity contribution in [2.75, 3.05) is 11.9 Å². The molecule has 106 valence electrons. The number of hydrogen-bond donors (Lipinski definition) is 2.